The summed E-state index contributed by atoms with van der Waals surface area (Å²) in [7, 11) is 0. The Morgan fingerprint density at radius 1 is 1.08 bits per heavy atom. The summed E-state index contributed by atoms with van der Waals surface area (Å²) in [6.45, 7) is 5.93. The van der Waals surface area contributed by atoms with Crippen LogP contribution >= 0.6 is 23.2 Å². The summed E-state index contributed by atoms with van der Waals surface area (Å²) in [6, 6.07) is 14.7. The van der Waals surface area contributed by atoms with Gasteiger partial charge >= 0.3 is 5.97 Å². The molecule has 3 aromatic carbocycles. The number of nitriles is 1. The van der Waals surface area contributed by atoms with Gasteiger partial charge in [-0.3, -0.25) is 4.79 Å². The molecule has 202 valence electrons. The summed E-state index contributed by atoms with van der Waals surface area (Å²) in [4.78, 5) is 26.7. The van der Waals surface area contributed by atoms with Gasteiger partial charge in [0.25, 0.3) is 5.91 Å². The standard InChI is InChI=1S/C30H26Cl2F2N2O3/c1-29(2,3)14-19-15-36(27(37)17-7-9-18(10-8-17)28(38)39)26(21-5-4-6-23(32)25(21)34)30(19,16-35)22-12-11-20(31)13-24(22)33/h4-13,19,26H,14-15H2,1-3H3,(H,38,39)/t19-,26-,30-/m1/s1. The van der Waals surface area contributed by atoms with E-state index in [0.717, 1.165) is 6.07 Å². The number of carbonyl (C=O) groups excluding carboxylic acids is 1. The highest BCUT2D eigenvalue weighted by atomic mass is 35.5. The predicted octanol–water partition coefficient (Wildman–Crippen LogP) is 7.68. The Bertz CT molecular complexity index is 1480. The van der Waals surface area contributed by atoms with E-state index in [1.165, 1.54) is 59.5 Å². The maximum absolute atomic E-state index is 15.7. The van der Waals surface area contributed by atoms with Crippen LogP contribution in [-0.4, -0.2) is 28.4 Å². The summed E-state index contributed by atoms with van der Waals surface area (Å²) in [6.07, 6.45) is 0.406. The van der Waals surface area contributed by atoms with Crippen molar-refractivity contribution in [3.8, 4) is 6.07 Å². The van der Waals surface area contributed by atoms with Crippen LogP contribution in [0.3, 0.4) is 0 Å². The highest BCUT2D eigenvalue weighted by Gasteiger charge is 2.60. The van der Waals surface area contributed by atoms with E-state index in [1.807, 2.05) is 20.8 Å². The summed E-state index contributed by atoms with van der Waals surface area (Å²) in [5, 5.41) is 20.1. The third-order valence-corrected chi connectivity index (χ3v) is 7.67. The lowest BCUT2D eigenvalue weighted by molar-refractivity contribution is 0.0689. The van der Waals surface area contributed by atoms with Crippen LogP contribution in [0.4, 0.5) is 8.78 Å². The van der Waals surface area contributed by atoms with Crippen LogP contribution in [0.5, 0.6) is 0 Å². The average molecular weight is 571 g/mol. The number of benzene rings is 3. The molecule has 1 saturated heterocycles. The Hall–Kier alpha value is -3.47. The van der Waals surface area contributed by atoms with Gasteiger partial charge in [0.05, 0.1) is 22.7 Å². The normalized spacial score (nSPS) is 21.0. The number of halogens is 4. The van der Waals surface area contributed by atoms with Crippen molar-refractivity contribution in [3.63, 3.8) is 0 Å². The van der Waals surface area contributed by atoms with Crippen LogP contribution in [0.2, 0.25) is 10.0 Å². The topological polar surface area (TPSA) is 81.4 Å². The van der Waals surface area contributed by atoms with Crippen LogP contribution < -0.4 is 0 Å². The molecule has 0 spiro atoms. The van der Waals surface area contributed by atoms with Gasteiger partial charge in [0.2, 0.25) is 0 Å². The van der Waals surface area contributed by atoms with Crippen molar-refractivity contribution < 1.29 is 23.5 Å². The number of hydrogen-bond donors (Lipinski definition) is 1. The minimum absolute atomic E-state index is 0.00421. The molecule has 0 bridgehead atoms. The average Bonchev–Trinajstić information content (AvgIpc) is 3.18. The molecule has 1 aliphatic rings. The summed E-state index contributed by atoms with van der Waals surface area (Å²) < 4.78 is 31.4. The van der Waals surface area contributed by atoms with E-state index in [0.29, 0.717) is 6.42 Å². The molecule has 0 saturated carbocycles. The zero-order valence-electron chi connectivity index (χ0n) is 21.5. The molecule has 0 aromatic heterocycles. The van der Waals surface area contributed by atoms with Crippen molar-refractivity contribution in [2.45, 2.75) is 38.6 Å². The lowest BCUT2D eigenvalue weighted by Crippen LogP contribution is -2.41. The molecule has 1 amide bonds. The van der Waals surface area contributed by atoms with E-state index in [2.05, 4.69) is 6.07 Å². The number of nitrogens with zero attached hydrogens (tertiary/aromatic N) is 2. The van der Waals surface area contributed by atoms with Gasteiger partial charge in [-0.1, -0.05) is 62.2 Å². The van der Waals surface area contributed by atoms with Gasteiger partial charge in [-0.15, -0.1) is 0 Å². The molecular weight excluding hydrogens is 545 g/mol. The first-order valence-corrected chi connectivity index (χ1v) is 13.0. The Balaban J connectivity index is 2.01. The fourth-order valence-corrected chi connectivity index (χ4v) is 5.93. The number of hydrogen-bond acceptors (Lipinski definition) is 3. The third-order valence-electron chi connectivity index (χ3n) is 7.14. The zero-order chi connectivity index (χ0) is 28.7. The van der Waals surface area contributed by atoms with E-state index in [1.54, 1.807) is 0 Å². The molecule has 4 rings (SSSR count). The fourth-order valence-electron chi connectivity index (χ4n) is 5.59. The van der Waals surface area contributed by atoms with Gasteiger partial charge in [-0.25, -0.2) is 13.6 Å². The van der Waals surface area contributed by atoms with Crippen LogP contribution in [0.25, 0.3) is 0 Å². The molecule has 0 aliphatic carbocycles. The summed E-state index contributed by atoms with van der Waals surface area (Å²) in [5.74, 6) is -3.87. The van der Waals surface area contributed by atoms with Crippen molar-refractivity contribution >= 4 is 35.1 Å². The summed E-state index contributed by atoms with van der Waals surface area (Å²) in [5.41, 5.74) is -1.92. The second-order valence-corrected chi connectivity index (χ2v) is 11.8. The Morgan fingerprint density at radius 2 is 1.72 bits per heavy atom. The van der Waals surface area contributed by atoms with E-state index in [9.17, 15) is 20.0 Å². The maximum Gasteiger partial charge on any atom is 0.335 e. The van der Waals surface area contributed by atoms with E-state index in [-0.39, 0.29) is 44.3 Å². The number of aromatic carboxylic acids is 1. The van der Waals surface area contributed by atoms with Gasteiger partial charge in [0, 0.05) is 34.2 Å². The second kappa shape index (κ2) is 10.6. The van der Waals surface area contributed by atoms with Crippen molar-refractivity contribution in [1.82, 2.24) is 4.90 Å². The molecule has 1 fully saturated rings. The Kier molecular flexibility index (Phi) is 7.75. The van der Waals surface area contributed by atoms with Crippen molar-refractivity contribution in [2.75, 3.05) is 6.54 Å². The Labute approximate surface area is 235 Å². The van der Waals surface area contributed by atoms with Gasteiger partial charge in [0.1, 0.15) is 17.0 Å². The molecular formula is C30H26Cl2F2N2O3. The lowest BCUT2D eigenvalue weighted by Gasteiger charge is -2.38. The number of amides is 1. The van der Waals surface area contributed by atoms with Crippen LogP contribution in [0.15, 0.2) is 60.7 Å². The third kappa shape index (κ3) is 5.24. The molecule has 0 radical (unpaired) electrons. The molecule has 0 unspecified atom stereocenters. The first-order valence-electron chi connectivity index (χ1n) is 12.2. The smallest absolute Gasteiger partial charge is 0.335 e. The minimum atomic E-state index is -1.70. The molecule has 1 N–H and O–H groups in total. The van der Waals surface area contributed by atoms with Crippen LogP contribution in [0, 0.1) is 34.3 Å². The SMILES string of the molecule is CC(C)(C)C[C@@H]1CN(C(=O)c2ccc(C(=O)O)cc2)[C@H](c2cccc(Cl)c2F)[C@@]1(C#N)c1ccc(Cl)cc1F. The lowest BCUT2D eigenvalue weighted by atomic mass is 9.63. The van der Waals surface area contributed by atoms with Crippen LogP contribution in [-0.2, 0) is 5.41 Å². The number of carboxylic acid groups (broad SMARTS) is 1. The number of rotatable bonds is 5. The predicted molar refractivity (Wildman–Crippen MR) is 145 cm³/mol. The van der Waals surface area contributed by atoms with Crippen molar-refractivity contribution in [3.05, 3.63) is 105 Å². The number of carbonyl (C=O) groups is 2. The molecule has 3 aromatic rings. The van der Waals surface area contributed by atoms with E-state index >= 15 is 8.78 Å². The monoisotopic (exact) mass is 570 g/mol. The van der Waals surface area contributed by atoms with Gasteiger partial charge in [0.15, 0.2) is 0 Å². The molecule has 5 nitrogen and oxygen atoms in total. The molecule has 39 heavy (non-hydrogen) atoms. The quantitative estimate of drug-likeness (QED) is 0.341. The van der Waals surface area contributed by atoms with Gasteiger partial charge < -0.3 is 10.0 Å². The van der Waals surface area contributed by atoms with E-state index in [4.69, 9.17) is 23.2 Å². The van der Waals surface area contributed by atoms with Gasteiger partial charge in [-0.05, 0) is 54.3 Å². The largest absolute Gasteiger partial charge is 0.478 e. The molecule has 1 aliphatic heterocycles. The number of likely N-dealkylation sites (tertiary alicyclic amines) is 1. The molecule has 1 heterocycles. The minimum Gasteiger partial charge on any atom is -0.478 e. The highest BCUT2D eigenvalue weighted by Crippen LogP contribution is 2.56. The number of carboxylic acids is 1. The molecule has 9 heteroatoms. The van der Waals surface area contributed by atoms with Crippen molar-refractivity contribution in [1.29, 1.82) is 5.26 Å². The fraction of sp³-hybridized carbons (Fsp3) is 0.300. The van der Waals surface area contributed by atoms with Crippen molar-refractivity contribution in [2.24, 2.45) is 11.3 Å². The van der Waals surface area contributed by atoms with Crippen LogP contribution in [0.1, 0.15) is 65.1 Å². The summed E-state index contributed by atoms with van der Waals surface area (Å²) >= 11 is 12.2. The zero-order valence-corrected chi connectivity index (χ0v) is 23.0. The maximum atomic E-state index is 15.7. The van der Waals surface area contributed by atoms with E-state index < -0.39 is 40.9 Å². The first kappa shape index (κ1) is 28.5. The Morgan fingerprint density at radius 3 is 2.28 bits per heavy atom. The highest BCUT2D eigenvalue weighted by molar-refractivity contribution is 6.31. The molecule has 3 atom stereocenters. The first-order chi connectivity index (χ1) is 18.3. The van der Waals surface area contributed by atoms with Gasteiger partial charge in [-0.2, -0.15) is 5.26 Å². The second-order valence-electron chi connectivity index (χ2n) is 11.0.